The summed E-state index contributed by atoms with van der Waals surface area (Å²) in [6, 6.07) is 9.30. The molecule has 0 fully saturated rings. The fourth-order valence-corrected chi connectivity index (χ4v) is 1.83. The van der Waals surface area contributed by atoms with Gasteiger partial charge in [0.05, 0.1) is 12.3 Å². The summed E-state index contributed by atoms with van der Waals surface area (Å²) >= 11 is 0. The van der Waals surface area contributed by atoms with Gasteiger partial charge in [-0.3, -0.25) is 4.79 Å². The molecule has 0 unspecified atom stereocenters. The largest absolute Gasteiger partial charge is 0.465 e. The number of amides is 1. The fourth-order valence-electron chi connectivity index (χ4n) is 1.83. The van der Waals surface area contributed by atoms with Crippen molar-refractivity contribution in [3.8, 4) is 5.75 Å². The van der Waals surface area contributed by atoms with Gasteiger partial charge in [-0.25, -0.2) is 0 Å². The minimum absolute atomic E-state index is 0.0787. The first-order chi connectivity index (χ1) is 10.5. The van der Waals surface area contributed by atoms with Crippen LogP contribution in [0.1, 0.15) is 24.3 Å². The molecule has 0 saturated heterocycles. The van der Waals surface area contributed by atoms with E-state index in [1.165, 1.54) is 24.5 Å². The summed E-state index contributed by atoms with van der Waals surface area (Å²) in [7, 11) is 0. The molecule has 1 heterocycles. The van der Waals surface area contributed by atoms with E-state index in [2.05, 4.69) is 10.1 Å². The van der Waals surface area contributed by atoms with Crippen LogP contribution in [0.4, 0.5) is 8.78 Å². The maximum absolute atomic E-state index is 12.1. The topological polar surface area (TPSA) is 51.5 Å². The smallest absolute Gasteiger partial charge is 0.387 e. The van der Waals surface area contributed by atoms with Crippen molar-refractivity contribution in [3.05, 3.63) is 60.1 Å². The highest BCUT2D eigenvalue weighted by Gasteiger charge is 2.09. The Morgan fingerprint density at radius 2 is 2.00 bits per heavy atom. The van der Waals surface area contributed by atoms with E-state index in [9.17, 15) is 13.6 Å². The Labute approximate surface area is 126 Å². The molecule has 2 aromatic rings. The molecule has 0 aliphatic rings. The molecule has 0 bridgehead atoms. The zero-order chi connectivity index (χ0) is 15.9. The molecule has 1 amide bonds. The van der Waals surface area contributed by atoms with Gasteiger partial charge >= 0.3 is 6.61 Å². The van der Waals surface area contributed by atoms with Crippen molar-refractivity contribution >= 4 is 12.0 Å². The average Bonchev–Trinajstić information content (AvgIpc) is 2.98. The third kappa shape index (κ3) is 4.73. The van der Waals surface area contributed by atoms with E-state index in [-0.39, 0.29) is 17.7 Å². The van der Waals surface area contributed by atoms with Crippen LogP contribution >= 0.6 is 0 Å². The van der Waals surface area contributed by atoms with Crippen LogP contribution in [0, 0.1) is 0 Å². The van der Waals surface area contributed by atoms with Gasteiger partial charge in [0.25, 0.3) is 0 Å². The van der Waals surface area contributed by atoms with Crippen molar-refractivity contribution in [3.63, 3.8) is 0 Å². The van der Waals surface area contributed by atoms with Crippen molar-refractivity contribution in [1.82, 2.24) is 5.32 Å². The normalized spacial score (nSPS) is 12.5. The summed E-state index contributed by atoms with van der Waals surface area (Å²) in [4.78, 5) is 11.8. The van der Waals surface area contributed by atoms with Crippen molar-refractivity contribution < 1.29 is 22.7 Å². The molecule has 1 aromatic carbocycles. The molecular formula is C16H15F2NO3. The second-order valence-corrected chi connectivity index (χ2v) is 4.53. The maximum Gasteiger partial charge on any atom is 0.387 e. The zero-order valence-corrected chi connectivity index (χ0v) is 11.8. The summed E-state index contributed by atoms with van der Waals surface area (Å²) in [5.41, 5.74) is 0.779. The molecule has 0 spiro atoms. The van der Waals surface area contributed by atoms with Gasteiger partial charge in [-0.2, -0.15) is 8.78 Å². The Morgan fingerprint density at radius 1 is 1.27 bits per heavy atom. The van der Waals surface area contributed by atoms with Crippen molar-refractivity contribution in [2.45, 2.75) is 19.6 Å². The predicted molar refractivity (Wildman–Crippen MR) is 77.4 cm³/mol. The lowest BCUT2D eigenvalue weighted by atomic mass is 10.1. The molecule has 2 rings (SSSR count). The molecule has 1 atom stereocenters. The van der Waals surface area contributed by atoms with Gasteiger partial charge in [0.2, 0.25) is 5.91 Å². The van der Waals surface area contributed by atoms with Crippen LogP contribution in [0.3, 0.4) is 0 Å². The van der Waals surface area contributed by atoms with Crippen molar-refractivity contribution in [2.75, 3.05) is 0 Å². The molecule has 6 heteroatoms. The molecule has 0 aliphatic carbocycles. The lowest BCUT2D eigenvalue weighted by Crippen LogP contribution is -2.24. The molecule has 0 saturated carbocycles. The minimum Gasteiger partial charge on any atom is -0.465 e. The maximum atomic E-state index is 12.1. The van der Waals surface area contributed by atoms with Crippen LogP contribution in [0.2, 0.25) is 0 Å². The van der Waals surface area contributed by atoms with Gasteiger partial charge in [-0.1, -0.05) is 12.1 Å². The molecular weight excluding hydrogens is 292 g/mol. The first-order valence-corrected chi connectivity index (χ1v) is 6.61. The number of carbonyl (C=O) groups excluding carboxylic acids is 1. The van der Waals surface area contributed by atoms with E-state index in [0.29, 0.717) is 5.76 Å². The Hall–Kier alpha value is -2.63. The van der Waals surface area contributed by atoms with E-state index in [1.807, 2.05) is 0 Å². The Balaban J connectivity index is 1.91. The predicted octanol–water partition coefficient (Wildman–Crippen LogP) is 3.77. The second-order valence-electron chi connectivity index (χ2n) is 4.53. The SMILES string of the molecule is C[C@@H](NC(=O)/C=C/c1ccco1)c1ccc(OC(F)F)cc1. The van der Waals surface area contributed by atoms with E-state index in [1.54, 1.807) is 37.3 Å². The number of ether oxygens (including phenoxy) is 1. The molecule has 4 nitrogen and oxygen atoms in total. The molecule has 116 valence electrons. The quantitative estimate of drug-likeness (QED) is 0.826. The number of carbonyl (C=O) groups is 1. The van der Waals surface area contributed by atoms with Gasteiger partial charge in [0.15, 0.2) is 0 Å². The molecule has 0 aliphatic heterocycles. The molecule has 1 N–H and O–H groups in total. The summed E-state index contributed by atoms with van der Waals surface area (Å²) in [6.07, 6.45) is 4.44. The van der Waals surface area contributed by atoms with Crippen LogP contribution in [0.5, 0.6) is 5.75 Å². The lowest BCUT2D eigenvalue weighted by molar-refractivity contribution is -0.117. The fraction of sp³-hybridized carbons (Fsp3) is 0.188. The number of hydrogen-bond donors (Lipinski definition) is 1. The standard InChI is InChI=1S/C16H15F2NO3/c1-11(12-4-6-14(7-5-12)22-16(17)18)19-15(20)9-8-13-3-2-10-21-13/h2-11,16H,1H3,(H,19,20)/b9-8+/t11-/m1/s1. The van der Waals surface area contributed by atoms with Crippen molar-refractivity contribution in [1.29, 1.82) is 0 Å². The number of alkyl halides is 2. The number of rotatable bonds is 6. The molecule has 22 heavy (non-hydrogen) atoms. The average molecular weight is 307 g/mol. The summed E-state index contributed by atoms with van der Waals surface area (Å²) < 4.78 is 33.5. The Morgan fingerprint density at radius 3 is 2.59 bits per heavy atom. The summed E-state index contributed by atoms with van der Waals surface area (Å²) in [5, 5.41) is 2.76. The second kappa shape index (κ2) is 7.40. The van der Waals surface area contributed by atoms with Crippen molar-refractivity contribution in [2.24, 2.45) is 0 Å². The number of benzene rings is 1. The third-order valence-corrected chi connectivity index (χ3v) is 2.91. The van der Waals surface area contributed by atoms with Crippen LogP contribution < -0.4 is 10.1 Å². The van der Waals surface area contributed by atoms with Crippen LogP contribution in [0.15, 0.2) is 53.2 Å². The Bertz CT molecular complexity index is 621. The van der Waals surface area contributed by atoms with E-state index in [0.717, 1.165) is 5.56 Å². The van der Waals surface area contributed by atoms with E-state index < -0.39 is 6.61 Å². The van der Waals surface area contributed by atoms with Gasteiger partial charge in [0.1, 0.15) is 11.5 Å². The van der Waals surface area contributed by atoms with E-state index in [4.69, 9.17) is 4.42 Å². The zero-order valence-electron chi connectivity index (χ0n) is 11.8. The van der Waals surface area contributed by atoms with Crippen LogP contribution in [0.25, 0.3) is 6.08 Å². The summed E-state index contributed by atoms with van der Waals surface area (Å²) in [5.74, 6) is 0.378. The number of nitrogens with one attached hydrogen (secondary N) is 1. The molecule has 0 radical (unpaired) electrons. The number of hydrogen-bond acceptors (Lipinski definition) is 3. The molecule has 1 aromatic heterocycles. The first-order valence-electron chi connectivity index (χ1n) is 6.61. The highest BCUT2D eigenvalue weighted by molar-refractivity contribution is 5.91. The van der Waals surface area contributed by atoms with E-state index >= 15 is 0 Å². The highest BCUT2D eigenvalue weighted by Crippen LogP contribution is 2.19. The first kappa shape index (κ1) is 15.8. The lowest BCUT2D eigenvalue weighted by Gasteiger charge is -2.13. The van der Waals surface area contributed by atoms with Gasteiger partial charge in [-0.15, -0.1) is 0 Å². The van der Waals surface area contributed by atoms with Gasteiger partial charge in [0, 0.05) is 6.08 Å². The van der Waals surface area contributed by atoms with Crippen LogP contribution in [-0.2, 0) is 4.79 Å². The third-order valence-electron chi connectivity index (χ3n) is 2.91. The van der Waals surface area contributed by atoms with Gasteiger partial charge < -0.3 is 14.5 Å². The number of furan rings is 1. The Kier molecular flexibility index (Phi) is 5.30. The minimum atomic E-state index is -2.85. The monoisotopic (exact) mass is 307 g/mol. The van der Waals surface area contributed by atoms with Crippen LogP contribution in [-0.4, -0.2) is 12.5 Å². The highest BCUT2D eigenvalue weighted by atomic mass is 19.3. The number of halogens is 2. The van der Waals surface area contributed by atoms with Gasteiger partial charge in [-0.05, 0) is 42.8 Å². The summed E-state index contributed by atoms with van der Waals surface area (Å²) in [6.45, 7) is -1.06.